The average Bonchev–Trinajstić information content (AvgIpc) is 3.07. The number of carbonyl (C=O) groups is 2. The van der Waals surface area contributed by atoms with Gasteiger partial charge in [-0.25, -0.2) is 4.79 Å². The Hall–Kier alpha value is -2.80. The first kappa shape index (κ1) is 21.9. The summed E-state index contributed by atoms with van der Waals surface area (Å²) in [6.45, 7) is 7.65. The van der Waals surface area contributed by atoms with E-state index >= 15 is 0 Å². The minimum atomic E-state index is -0.609. The maximum absolute atomic E-state index is 13.0. The predicted octanol–water partition coefficient (Wildman–Crippen LogP) is 5.62. The standard InChI is InChI=1S/C22H21Cl2N3O3/c1-4-30-22(29)27-11-16(20-17(24)9-14(23)10-19(20)27)12(2)21(28)26-18-8-6-5-7-15(18)13(3)25/h5-11,13H,2,4,25H2,1,3H3,(H,26,28). The lowest BCUT2D eigenvalue weighted by molar-refractivity contribution is -0.111. The summed E-state index contributed by atoms with van der Waals surface area (Å²) in [6.07, 6.45) is 0.868. The smallest absolute Gasteiger partial charge is 0.418 e. The lowest BCUT2D eigenvalue weighted by Gasteiger charge is -2.14. The summed E-state index contributed by atoms with van der Waals surface area (Å²) in [6, 6.07) is 10.1. The molecule has 0 aliphatic rings. The van der Waals surface area contributed by atoms with E-state index in [-0.39, 0.29) is 18.2 Å². The summed E-state index contributed by atoms with van der Waals surface area (Å²) in [7, 11) is 0. The molecular weight excluding hydrogens is 425 g/mol. The number of benzene rings is 2. The number of amides is 1. The van der Waals surface area contributed by atoms with Crippen molar-refractivity contribution in [3.8, 4) is 0 Å². The highest BCUT2D eigenvalue weighted by atomic mass is 35.5. The quantitative estimate of drug-likeness (QED) is 0.498. The monoisotopic (exact) mass is 445 g/mol. The van der Waals surface area contributed by atoms with Gasteiger partial charge in [-0.1, -0.05) is 48.0 Å². The number of anilines is 1. The van der Waals surface area contributed by atoms with Crippen molar-refractivity contribution in [2.45, 2.75) is 19.9 Å². The van der Waals surface area contributed by atoms with Gasteiger partial charge in [0.1, 0.15) is 0 Å². The van der Waals surface area contributed by atoms with Crippen LogP contribution in [-0.2, 0) is 9.53 Å². The number of ether oxygens (including phenoxy) is 1. The fourth-order valence-corrected chi connectivity index (χ4v) is 3.77. The average molecular weight is 446 g/mol. The van der Waals surface area contributed by atoms with Crippen molar-refractivity contribution < 1.29 is 14.3 Å². The topological polar surface area (TPSA) is 86.4 Å². The first-order chi connectivity index (χ1) is 14.2. The van der Waals surface area contributed by atoms with E-state index in [2.05, 4.69) is 11.9 Å². The van der Waals surface area contributed by atoms with Crippen molar-refractivity contribution in [3.63, 3.8) is 0 Å². The van der Waals surface area contributed by atoms with E-state index < -0.39 is 12.0 Å². The highest BCUT2D eigenvalue weighted by molar-refractivity contribution is 6.40. The second kappa shape index (κ2) is 8.92. The second-order valence-electron chi connectivity index (χ2n) is 6.70. The normalized spacial score (nSPS) is 11.9. The van der Waals surface area contributed by atoms with E-state index in [0.717, 1.165) is 5.56 Å². The minimum Gasteiger partial charge on any atom is -0.449 e. The van der Waals surface area contributed by atoms with Crippen LogP contribution < -0.4 is 11.1 Å². The molecule has 1 amide bonds. The van der Waals surface area contributed by atoms with Crippen molar-refractivity contribution in [1.82, 2.24) is 4.57 Å². The molecule has 8 heteroatoms. The molecule has 3 rings (SSSR count). The molecule has 3 aromatic rings. The molecule has 30 heavy (non-hydrogen) atoms. The Kier molecular flexibility index (Phi) is 6.51. The molecule has 1 heterocycles. The molecule has 0 bridgehead atoms. The molecule has 1 unspecified atom stereocenters. The molecule has 0 aliphatic carbocycles. The van der Waals surface area contributed by atoms with Gasteiger partial charge in [0.2, 0.25) is 0 Å². The fourth-order valence-electron chi connectivity index (χ4n) is 3.18. The first-order valence-corrected chi connectivity index (χ1v) is 10.0. The van der Waals surface area contributed by atoms with Crippen LogP contribution in [0.3, 0.4) is 0 Å². The van der Waals surface area contributed by atoms with Crippen molar-refractivity contribution in [2.75, 3.05) is 11.9 Å². The molecule has 3 N–H and O–H groups in total. The molecule has 0 radical (unpaired) electrons. The predicted molar refractivity (Wildman–Crippen MR) is 121 cm³/mol. The Morgan fingerprint density at radius 2 is 1.97 bits per heavy atom. The summed E-state index contributed by atoms with van der Waals surface area (Å²) in [5.74, 6) is -0.447. The van der Waals surface area contributed by atoms with E-state index in [4.69, 9.17) is 33.7 Å². The number of rotatable bonds is 5. The Morgan fingerprint density at radius 3 is 2.63 bits per heavy atom. The van der Waals surface area contributed by atoms with Gasteiger partial charge in [0.15, 0.2) is 0 Å². The lowest BCUT2D eigenvalue weighted by Crippen LogP contribution is -2.16. The van der Waals surface area contributed by atoms with Crippen LogP contribution in [-0.4, -0.2) is 23.2 Å². The van der Waals surface area contributed by atoms with Crippen LogP contribution in [0, 0.1) is 0 Å². The Balaban J connectivity index is 2.05. The van der Waals surface area contributed by atoms with Crippen LogP contribution in [0.25, 0.3) is 16.5 Å². The number of halogens is 2. The van der Waals surface area contributed by atoms with Gasteiger partial charge in [-0.3, -0.25) is 9.36 Å². The molecule has 0 saturated heterocycles. The summed E-state index contributed by atoms with van der Waals surface area (Å²) < 4.78 is 6.36. The van der Waals surface area contributed by atoms with Crippen LogP contribution >= 0.6 is 23.2 Å². The summed E-state index contributed by atoms with van der Waals surface area (Å²) in [4.78, 5) is 25.4. The molecule has 0 saturated carbocycles. The SMILES string of the molecule is C=C(C(=O)Nc1ccccc1C(C)N)c1cn(C(=O)OCC)c2cc(Cl)cc(Cl)c12. The van der Waals surface area contributed by atoms with E-state index in [1.165, 1.54) is 10.8 Å². The number of hydrogen-bond donors (Lipinski definition) is 2. The third-order valence-corrected chi connectivity index (χ3v) is 5.10. The number of nitrogens with one attached hydrogen (secondary N) is 1. The van der Waals surface area contributed by atoms with Gasteiger partial charge < -0.3 is 15.8 Å². The maximum Gasteiger partial charge on any atom is 0.418 e. The van der Waals surface area contributed by atoms with E-state index in [0.29, 0.717) is 32.2 Å². The number of para-hydroxylation sites is 1. The van der Waals surface area contributed by atoms with Gasteiger partial charge in [0.25, 0.3) is 5.91 Å². The highest BCUT2D eigenvalue weighted by Crippen LogP contribution is 2.36. The maximum atomic E-state index is 13.0. The fraction of sp³-hybridized carbons (Fsp3) is 0.182. The molecule has 6 nitrogen and oxygen atoms in total. The van der Waals surface area contributed by atoms with Crippen LogP contribution in [0.2, 0.25) is 10.0 Å². The van der Waals surface area contributed by atoms with Crippen molar-refractivity contribution in [2.24, 2.45) is 5.73 Å². The Bertz CT molecular complexity index is 1150. The zero-order valence-electron chi connectivity index (χ0n) is 16.5. The molecule has 156 valence electrons. The third-order valence-electron chi connectivity index (χ3n) is 4.58. The Morgan fingerprint density at radius 1 is 1.27 bits per heavy atom. The molecule has 0 aliphatic heterocycles. The number of nitrogens with two attached hydrogens (primary N) is 1. The molecule has 1 atom stereocenters. The largest absolute Gasteiger partial charge is 0.449 e. The van der Waals surface area contributed by atoms with Gasteiger partial charge in [-0.15, -0.1) is 0 Å². The van der Waals surface area contributed by atoms with E-state index in [1.807, 2.05) is 19.1 Å². The molecular formula is C22H21Cl2N3O3. The zero-order chi connectivity index (χ0) is 22.0. The number of fused-ring (bicyclic) bond motifs is 1. The van der Waals surface area contributed by atoms with Gasteiger partial charge in [-0.05, 0) is 37.6 Å². The lowest BCUT2D eigenvalue weighted by atomic mass is 10.0. The summed E-state index contributed by atoms with van der Waals surface area (Å²) in [5.41, 5.74) is 8.32. The van der Waals surface area contributed by atoms with Crippen LogP contribution in [0.4, 0.5) is 10.5 Å². The van der Waals surface area contributed by atoms with Crippen LogP contribution in [0.15, 0.2) is 49.2 Å². The molecule has 1 aromatic heterocycles. The van der Waals surface area contributed by atoms with Crippen LogP contribution in [0.1, 0.15) is 31.0 Å². The number of carbonyl (C=O) groups excluding carboxylic acids is 2. The third kappa shape index (κ3) is 4.21. The van der Waals surface area contributed by atoms with Gasteiger partial charge in [0.05, 0.1) is 17.1 Å². The second-order valence-corrected chi connectivity index (χ2v) is 7.55. The van der Waals surface area contributed by atoms with E-state index in [1.54, 1.807) is 31.2 Å². The van der Waals surface area contributed by atoms with Crippen molar-refractivity contribution >= 4 is 57.4 Å². The van der Waals surface area contributed by atoms with Crippen molar-refractivity contribution in [1.29, 1.82) is 0 Å². The molecule has 2 aromatic carbocycles. The van der Waals surface area contributed by atoms with Crippen molar-refractivity contribution in [3.05, 3.63) is 70.3 Å². The minimum absolute atomic E-state index is 0.131. The molecule has 0 fully saturated rings. The number of nitrogens with zero attached hydrogens (tertiary/aromatic N) is 1. The zero-order valence-corrected chi connectivity index (χ0v) is 18.1. The van der Waals surface area contributed by atoms with Gasteiger partial charge in [-0.2, -0.15) is 0 Å². The number of aromatic nitrogens is 1. The van der Waals surface area contributed by atoms with Gasteiger partial charge in [0, 0.05) is 39.5 Å². The summed E-state index contributed by atoms with van der Waals surface area (Å²) >= 11 is 12.5. The first-order valence-electron chi connectivity index (χ1n) is 9.27. The van der Waals surface area contributed by atoms with Crippen LogP contribution in [0.5, 0.6) is 0 Å². The van der Waals surface area contributed by atoms with E-state index in [9.17, 15) is 9.59 Å². The summed E-state index contributed by atoms with van der Waals surface area (Å²) in [5, 5.41) is 3.96. The highest BCUT2D eigenvalue weighted by Gasteiger charge is 2.22. The van der Waals surface area contributed by atoms with Gasteiger partial charge >= 0.3 is 6.09 Å². The Labute approximate surface area is 184 Å². The molecule has 0 spiro atoms. The number of hydrogen-bond acceptors (Lipinski definition) is 4.